The molecule has 6 heteroatoms. The molecule has 0 saturated carbocycles. The number of hydrogen-bond acceptors (Lipinski definition) is 5. The van der Waals surface area contributed by atoms with Crippen LogP contribution in [0.4, 0.5) is 0 Å². The molecular formula is C57H34N4OS. The van der Waals surface area contributed by atoms with Gasteiger partial charge in [0, 0.05) is 64.1 Å². The Bertz CT molecular complexity index is 3920. The Kier molecular flexibility index (Phi) is 8.01. The van der Waals surface area contributed by atoms with Crippen molar-refractivity contribution in [3.63, 3.8) is 0 Å². The number of nitrogens with zero attached hydrogens (tertiary/aromatic N) is 4. The maximum Gasteiger partial charge on any atom is 0.164 e. The molecule has 0 atom stereocenters. The van der Waals surface area contributed by atoms with Gasteiger partial charge in [-0.2, -0.15) is 0 Å². The van der Waals surface area contributed by atoms with Crippen LogP contribution in [0.25, 0.3) is 126 Å². The fourth-order valence-electron chi connectivity index (χ4n) is 9.29. The van der Waals surface area contributed by atoms with Gasteiger partial charge in [0.2, 0.25) is 0 Å². The summed E-state index contributed by atoms with van der Waals surface area (Å²) in [6, 6.07) is 72.8. The molecule has 5 nitrogen and oxygen atoms in total. The second-order valence-corrected chi connectivity index (χ2v) is 17.1. The SMILES string of the molecule is c1ccc(-c2cccc(-n3c4ccccc4c4cc(-c5ccc6oc7cccc(-c8nc(-c9ccccc9)nc(-c9ccc%10c(c9)sc9ccccc9%10)n8)c7c6c5)ccc43)c2)cc1. The number of hydrogen-bond donors (Lipinski definition) is 0. The van der Waals surface area contributed by atoms with E-state index in [4.69, 9.17) is 19.4 Å². The maximum absolute atomic E-state index is 6.56. The number of benzene rings is 9. The highest BCUT2D eigenvalue weighted by Gasteiger charge is 2.20. The van der Waals surface area contributed by atoms with Crippen molar-refractivity contribution < 1.29 is 4.42 Å². The highest BCUT2D eigenvalue weighted by Crippen LogP contribution is 2.41. The fourth-order valence-corrected chi connectivity index (χ4v) is 10.4. The molecule has 0 bridgehead atoms. The lowest BCUT2D eigenvalue weighted by Gasteiger charge is -2.11. The van der Waals surface area contributed by atoms with E-state index < -0.39 is 0 Å². The van der Waals surface area contributed by atoms with E-state index in [-0.39, 0.29) is 0 Å². The van der Waals surface area contributed by atoms with Crippen LogP contribution in [0.3, 0.4) is 0 Å². The second-order valence-electron chi connectivity index (χ2n) is 16.0. The molecule has 0 unspecified atom stereocenters. The molecule has 0 aliphatic carbocycles. The van der Waals surface area contributed by atoms with Gasteiger partial charge in [-0.3, -0.25) is 0 Å². The van der Waals surface area contributed by atoms with Gasteiger partial charge in [-0.1, -0.05) is 146 Å². The van der Waals surface area contributed by atoms with Crippen molar-refractivity contribution in [2.75, 3.05) is 0 Å². The summed E-state index contributed by atoms with van der Waals surface area (Å²) in [5.74, 6) is 1.85. The monoisotopic (exact) mass is 822 g/mol. The number of fused-ring (bicyclic) bond motifs is 9. The summed E-state index contributed by atoms with van der Waals surface area (Å²) in [4.78, 5) is 15.5. The third-order valence-electron chi connectivity index (χ3n) is 12.3. The second kappa shape index (κ2) is 14.2. The molecule has 13 aromatic rings. The molecule has 294 valence electrons. The Hall–Kier alpha value is -8.19. The first-order valence-corrected chi connectivity index (χ1v) is 21.9. The first-order valence-electron chi connectivity index (χ1n) is 21.1. The molecular weight excluding hydrogens is 789 g/mol. The summed E-state index contributed by atoms with van der Waals surface area (Å²) in [5, 5.41) is 6.89. The first kappa shape index (κ1) is 35.6. The Morgan fingerprint density at radius 2 is 0.968 bits per heavy atom. The average molecular weight is 823 g/mol. The lowest BCUT2D eigenvalue weighted by atomic mass is 9.99. The minimum absolute atomic E-state index is 0.597. The molecule has 4 heterocycles. The molecule has 0 amide bonds. The lowest BCUT2D eigenvalue weighted by molar-refractivity contribution is 0.669. The zero-order valence-electron chi connectivity index (χ0n) is 33.7. The van der Waals surface area contributed by atoms with Crippen LogP contribution in [0.1, 0.15) is 0 Å². The van der Waals surface area contributed by atoms with Gasteiger partial charge >= 0.3 is 0 Å². The van der Waals surface area contributed by atoms with Gasteiger partial charge in [0.25, 0.3) is 0 Å². The quantitative estimate of drug-likeness (QED) is 0.168. The minimum atomic E-state index is 0.597. The predicted molar refractivity (Wildman–Crippen MR) is 262 cm³/mol. The van der Waals surface area contributed by atoms with Crippen LogP contribution in [0.2, 0.25) is 0 Å². The van der Waals surface area contributed by atoms with E-state index in [1.165, 1.54) is 47.6 Å². The summed E-state index contributed by atoms with van der Waals surface area (Å²) >= 11 is 1.79. The van der Waals surface area contributed by atoms with Crippen LogP contribution in [0.15, 0.2) is 211 Å². The first-order chi connectivity index (χ1) is 31.2. The number of aromatic nitrogens is 4. The van der Waals surface area contributed by atoms with Crippen molar-refractivity contribution in [3.8, 4) is 62.1 Å². The van der Waals surface area contributed by atoms with Gasteiger partial charge < -0.3 is 8.98 Å². The molecule has 9 aromatic carbocycles. The van der Waals surface area contributed by atoms with E-state index in [1.54, 1.807) is 11.3 Å². The number of furan rings is 1. The fraction of sp³-hybridized carbons (Fsp3) is 0. The summed E-state index contributed by atoms with van der Waals surface area (Å²) in [6.45, 7) is 0. The van der Waals surface area contributed by atoms with Gasteiger partial charge in [-0.25, -0.2) is 15.0 Å². The summed E-state index contributed by atoms with van der Waals surface area (Å²) in [5.41, 5.74) is 12.4. The van der Waals surface area contributed by atoms with Crippen LogP contribution < -0.4 is 0 Å². The molecule has 0 aliphatic rings. The Balaban J connectivity index is 0.958. The topological polar surface area (TPSA) is 56.7 Å². The number of thiophene rings is 1. The third kappa shape index (κ3) is 5.87. The molecule has 0 fully saturated rings. The van der Waals surface area contributed by atoms with Gasteiger partial charge in [0.15, 0.2) is 17.5 Å². The van der Waals surface area contributed by atoms with Crippen molar-refractivity contribution in [3.05, 3.63) is 206 Å². The largest absolute Gasteiger partial charge is 0.456 e. The van der Waals surface area contributed by atoms with Gasteiger partial charge in [-0.15, -0.1) is 11.3 Å². The minimum Gasteiger partial charge on any atom is -0.456 e. The van der Waals surface area contributed by atoms with E-state index >= 15 is 0 Å². The molecule has 13 rings (SSSR count). The van der Waals surface area contributed by atoms with Crippen molar-refractivity contribution in [2.45, 2.75) is 0 Å². The highest BCUT2D eigenvalue weighted by atomic mass is 32.1. The predicted octanol–water partition coefficient (Wildman–Crippen LogP) is 15.6. The van der Waals surface area contributed by atoms with Crippen LogP contribution in [0.5, 0.6) is 0 Å². The zero-order valence-corrected chi connectivity index (χ0v) is 34.6. The normalized spacial score (nSPS) is 11.8. The van der Waals surface area contributed by atoms with E-state index in [2.05, 4.69) is 168 Å². The molecule has 4 aromatic heterocycles. The van der Waals surface area contributed by atoms with Crippen molar-refractivity contribution in [2.24, 2.45) is 0 Å². The molecule has 63 heavy (non-hydrogen) atoms. The van der Waals surface area contributed by atoms with E-state index in [9.17, 15) is 0 Å². The average Bonchev–Trinajstić information content (AvgIpc) is 4.03. The van der Waals surface area contributed by atoms with Crippen molar-refractivity contribution in [1.29, 1.82) is 0 Å². The zero-order chi connectivity index (χ0) is 41.4. The molecule has 0 N–H and O–H groups in total. The summed E-state index contributed by atoms with van der Waals surface area (Å²) < 4.78 is 11.4. The molecule has 0 spiro atoms. The summed E-state index contributed by atoms with van der Waals surface area (Å²) in [7, 11) is 0. The number of para-hydroxylation sites is 1. The van der Waals surface area contributed by atoms with Crippen molar-refractivity contribution >= 4 is 75.3 Å². The smallest absolute Gasteiger partial charge is 0.164 e. The lowest BCUT2D eigenvalue weighted by Crippen LogP contribution is -2.00. The molecule has 0 aliphatic heterocycles. The van der Waals surface area contributed by atoms with Gasteiger partial charge in [0.1, 0.15) is 11.2 Å². The van der Waals surface area contributed by atoms with E-state index in [1.807, 2.05) is 42.5 Å². The third-order valence-corrected chi connectivity index (χ3v) is 13.4. The Morgan fingerprint density at radius 3 is 1.83 bits per heavy atom. The highest BCUT2D eigenvalue weighted by molar-refractivity contribution is 7.25. The Labute approximate surface area is 365 Å². The van der Waals surface area contributed by atoms with Crippen molar-refractivity contribution in [1.82, 2.24) is 19.5 Å². The van der Waals surface area contributed by atoms with Gasteiger partial charge in [-0.05, 0) is 82.9 Å². The van der Waals surface area contributed by atoms with Crippen LogP contribution in [0, 0.1) is 0 Å². The summed E-state index contributed by atoms with van der Waals surface area (Å²) in [6.07, 6.45) is 0. The molecule has 0 saturated heterocycles. The van der Waals surface area contributed by atoms with Crippen LogP contribution >= 0.6 is 11.3 Å². The number of rotatable bonds is 6. The standard InChI is InChI=1S/C57H34N4OS/c1-3-13-35(14-4-1)37-17-11-18-41(31-37)61-48-22-9-7-19-42(48)46-32-38(26-29-49(46)61)39-27-30-50-47(33-39)54-45(21-12-23-51(54)62-50)57-59-55(36-15-5-2-6-16-36)58-56(60-57)40-25-28-44-43-20-8-10-24-52(43)63-53(44)34-40/h1-34H. The molecule has 0 radical (unpaired) electrons. The van der Waals surface area contributed by atoms with E-state index in [0.29, 0.717) is 17.5 Å². The Morgan fingerprint density at radius 1 is 0.349 bits per heavy atom. The van der Waals surface area contributed by atoms with Gasteiger partial charge in [0.05, 0.1) is 11.0 Å². The maximum atomic E-state index is 6.56. The van der Waals surface area contributed by atoms with Crippen LogP contribution in [-0.2, 0) is 0 Å². The van der Waals surface area contributed by atoms with Crippen LogP contribution in [-0.4, -0.2) is 19.5 Å². The van der Waals surface area contributed by atoms with E-state index in [0.717, 1.165) is 61.0 Å².